The molecular formula is C18H20BrN3O3. The fourth-order valence-corrected chi connectivity index (χ4v) is 2.39. The summed E-state index contributed by atoms with van der Waals surface area (Å²) in [6.45, 7) is 3.74. The summed E-state index contributed by atoms with van der Waals surface area (Å²) in [7, 11) is 1.56. The Morgan fingerprint density at radius 3 is 2.32 bits per heavy atom. The number of rotatable bonds is 6. The van der Waals surface area contributed by atoms with Crippen molar-refractivity contribution in [1.29, 1.82) is 0 Å². The van der Waals surface area contributed by atoms with Crippen LogP contribution in [0.4, 0.5) is 5.82 Å². The Morgan fingerprint density at radius 2 is 1.80 bits per heavy atom. The molecule has 1 atom stereocenters. The summed E-state index contributed by atoms with van der Waals surface area (Å²) in [6.07, 6.45) is 1.59. The molecule has 0 saturated carbocycles. The van der Waals surface area contributed by atoms with Crippen LogP contribution in [-0.4, -0.2) is 29.9 Å². The van der Waals surface area contributed by atoms with Gasteiger partial charge < -0.3 is 15.4 Å². The normalized spacial score (nSPS) is 11.7. The fraction of sp³-hybridized carbons (Fsp3) is 0.278. The number of benzene rings is 1. The van der Waals surface area contributed by atoms with Crippen LogP contribution in [0.3, 0.4) is 0 Å². The SMILES string of the molecule is COc1ccc(C(=O)NC(C(=O)Nc2ccc(Br)cn2)C(C)C)cc1. The standard InChI is InChI=1S/C18H20BrN3O3/c1-11(2)16(18(24)21-15-9-6-13(19)10-20-15)22-17(23)12-4-7-14(25-3)8-5-12/h4-11,16H,1-3H3,(H,22,23)(H,20,21,24). The molecule has 0 aliphatic heterocycles. The molecule has 0 aliphatic rings. The van der Waals surface area contributed by atoms with Crippen LogP contribution in [-0.2, 0) is 4.79 Å². The van der Waals surface area contributed by atoms with E-state index in [4.69, 9.17) is 4.74 Å². The lowest BCUT2D eigenvalue weighted by atomic mass is 10.0. The van der Waals surface area contributed by atoms with Crippen molar-refractivity contribution < 1.29 is 14.3 Å². The number of hydrogen-bond acceptors (Lipinski definition) is 4. The number of halogens is 1. The number of hydrogen-bond donors (Lipinski definition) is 2. The maximum absolute atomic E-state index is 12.5. The highest BCUT2D eigenvalue weighted by molar-refractivity contribution is 9.10. The van der Waals surface area contributed by atoms with E-state index in [2.05, 4.69) is 31.5 Å². The highest BCUT2D eigenvalue weighted by atomic mass is 79.9. The number of carbonyl (C=O) groups excluding carboxylic acids is 2. The molecule has 7 heteroatoms. The van der Waals surface area contributed by atoms with Crippen LogP contribution in [0.5, 0.6) is 5.75 Å². The van der Waals surface area contributed by atoms with Gasteiger partial charge in [-0.2, -0.15) is 0 Å². The predicted molar refractivity (Wildman–Crippen MR) is 99.7 cm³/mol. The van der Waals surface area contributed by atoms with Gasteiger partial charge in [0.15, 0.2) is 0 Å². The van der Waals surface area contributed by atoms with Gasteiger partial charge in [-0.05, 0) is 58.2 Å². The Hall–Kier alpha value is -2.41. The minimum atomic E-state index is -0.681. The van der Waals surface area contributed by atoms with Gasteiger partial charge in [0, 0.05) is 16.2 Å². The number of pyridine rings is 1. The molecule has 0 spiro atoms. The zero-order chi connectivity index (χ0) is 18.4. The third kappa shape index (κ3) is 5.29. The molecule has 1 aromatic carbocycles. The van der Waals surface area contributed by atoms with E-state index in [0.29, 0.717) is 17.1 Å². The molecule has 25 heavy (non-hydrogen) atoms. The lowest BCUT2D eigenvalue weighted by Gasteiger charge is -2.21. The average Bonchev–Trinajstić information content (AvgIpc) is 2.61. The van der Waals surface area contributed by atoms with Gasteiger partial charge in [0.1, 0.15) is 17.6 Å². The molecule has 0 bridgehead atoms. The third-order valence-corrected chi connectivity index (χ3v) is 4.04. The molecule has 0 aliphatic carbocycles. The van der Waals surface area contributed by atoms with Crippen LogP contribution < -0.4 is 15.4 Å². The largest absolute Gasteiger partial charge is 0.497 e. The monoisotopic (exact) mass is 405 g/mol. The number of aromatic nitrogens is 1. The Kier molecular flexibility index (Phi) is 6.52. The van der Waals surface area contributed by atoms with Crippen molar-refractivity contribution in [3.8, 4) is 5.75 Å². The Balaban J connectivity index is 2.07. The highest BCUT2D eigenvalue weighted by Gasteiger charge is 2.25. The molecular weight excluding hydrogens is 386 g/mol. The number of methoxy groups -OCH3 is 1. The van der Waals surface area contributed by atoms with E-state index in [-0.39, 0.29) is 17.7 Å². The van der Waals surface area contributed by atoms with Crippen molar-refractivity contribution in [1.82, 2.24) is 10.3 Å². The van der Waals surface area contributed by atoms with Crippen LogP contribution in [0.25, 0.3) is 0 Å². The number of ether oxygens (including phenoxy) is 1. The molecule has 1 aromatic heterocycles. The first-order valence-corrected chi connectivity index (χ1v) is 8.57. The van der Waals surface area contributed by atoms with Gasteiger partial charge in [-0.25, -0.2) is 4.98 Å². The van der Waals surface area contributed by atoms with E-state index in [1.165, 1.54) is 0 Å². The van der Waals surface area contributed by atoms with Crippen LogP contribution in [0.15, 0.2) is 47.1 Å². The molecule has 2 aromatic rings. The van der Waals surface area contributed by atoms with Gasteiger partial charge in [0.25, 0.3) is 5.91 Å². The Labute approximate surface area is 155 Å². The van der Waals surface area contributed by atoms with E-state index in [1.807, 2.05) is 13.8 Å². The van der Waals surface area contributed by atoms with Crippen molar-refractivity contribution in [2.75, 3.05) is 12.4 Å². The van der Waals surface area contributed by atoms with Crippen LogP contribution >= 0.6 is 15.9 Å². The van der Waals surface area contributed by atoms with Crippen molar-refractivity contribution in [3.63, 3.8) is 0 Å². The summed E-state index contributed by atoms with van der Waals surface area (Å²) in [5.41, 5.74) is 0.459. The van der Waals surface area contributed by atoms with Gasteiger partial charge >= 0.3 is 0 Å². The summed E-state index contributed by atoms with van der Waals surface area (Å²) in [4.78, 5) is 29.0. The quantitative estimate of drug-likeness (QED) is 0.772. The molecule has 0 radical (unpaired) electrons. The fourth-order valence-electron chi connectivity index (χ4n) is 2.16. The van der Waals surface area contributed by atoms with E-state index < -0.39 is 6.04 Å². The minimum absolute atomic E-state index is 0.0855. The summed E-state index contributed by atoms with van der Waals surface area (Å²) >= 11 is 3.29. The zero-order valence-electron chi connectivity index (χ0n) is 14.2. The van der Waals surface area contributed by atoms with Gasteiger partial charge in [-0.1, -0.05) is 13.8 Å². The first-order valence-electron chi connectivity index (χ1n) is 7.78. The molecule has 0 fully saturated rings. The van der Waals surface area contributed by atoms with Crippen molar-refractivity contribution >= 4 is 33.6 Å². The molecule has 0 saturated heterocycles. The Bertz CT molecular complexity index is 730. The smallest absolute Gasteiger partial charge is 0.251 e. The van der Waals surface area contributed by atoms with E-state index >= 15 is 0 Å². The maximum Gasteiger partial charge on any atom is 0.251 e. The van der Waals surface area contributed by atoms with Gasteiger partial charge in [-0.15, -0.1) is 0 Å². The second-order valence-corrected chi connectivity index (χ2v) is 6.69. The van der Waals surface area contributed by atoms with Crippen molar-refractivity contribution in [2.45, 2.75) is 19.9 Å². The first-order chi connectivity index (χ1) is 11.9. The molecule has 1 unspecified atom stereocenters. The lowest BCUT2D eigenvalue weighted by molar-refractivity contribution is -0.118. The molecule has 2 rings (SSSR count). The maximum atomic E-state index is 12.5. The predicted octanol–water partition coefficient (Wildman–Crippen LogP) is 3.25. The number of nitrogens with zero attached hydrogens (tertiary/aromatic N) is 1. The molecule has 2 amide bonds. The summed E-state index contributed by atoms with van der Waals surface area (Å²) in [5.74, 6) is 0.373. The number of nitrogens with one attached hydrogen (secondary N) is 2. The minimum Gasteiger partial charge on any atom is -0.497 e. The number of carbonyl (C=O) groups is 2. The number of amides is 2. The third-order valence-electron chi connectivity index (χ3n) is 3.57. The second-order valence-electron chi connectivity index (χ2n) is 5.77. The molecule has 6 nitrogen and oxygen atoms in total. The van der Waals surface area contributed by atoms with E-state index in [9.17, 15) is 9.59 Å². The molecule has 1 heterocycles. The van der Waals surface area contributed by atoms with Crippen LogP contribution in [0, 0.1) is 5.92 Å². The molecule has 132 valence electrons. The highest BCUT2D eigenvalue weighted by Crippen LogP contribution is 2.14. The van der Waals surface area contributed by atoms with Crippen molar-refractivity contribution in [3.05, 3.63) is 52.6 Å². The van der Waals surface area contributed by atoms with E-state index in [1.54, 1.807) is 49.7 Å². The summed E-state index contributed by atoms with van der Waals surface area (Å²) in [5, 5.41) is 5.49. The Morgan fingerprint density at radius 1 is 1.12 bits per heavy atom. The topological polar surface area (TPSA) is 80.3 Å². The first kappa shape index (κ1) is 18.9. The lowest BCUT2D eigenvalue weighted by Crippen LogP contribution is -2.47. The number of anilines is 1. The van der Waals surface area contributed by atoms with Gasteiger partial charge in [0.2, 0.25) is 5.91 Å². The van der Waals surface area contributed by atoms with Gasteiger partial charge in [0.05, 0.1) is 7.11 Å². The molecule has 2 N–H and O–H groups in total. The van der Waals surface area contributed by atoms with Gasteiger partial charge in [-0.3, -0.25) is 9.59 Å². The van der Waals surface area contributed by atoms with Crippen LogP contribution in [0.2, 0.25) is 0 Å². The van der Waals surface area contributed by atoms with Crippen LogP contribution in [0.1, 0.15) is 24.2 Å². The van der Waals surface area contributed by atoms with E-state index in [0.717, 1.165) is 4.47 Å². The average molecular weight is 406 g/mol. The van der Waals surface area contributed by atoms with Crippen molar-refractivity contribution in [2.24, 2.45) is 5.92 Å². The second kappa shape index (κ2) is 8.62. The summed E-state index contributed by atoms with van der Waals surface area (Å²) < 4.78 is 5.89. The summed E-state index contributed by atoms with van der Waals surface area (Å²) in [6, 6.07) is 9.49. The zero-order valence-corrected chi connectivity index (χ0v) is 15.8.